The number of ether oxygens (including phenoxy) is 1. The molecule has 1 amide bonds. The fraction of sp³-hybridized carbons (Fsp3) is 0.217. The van der Waals surface area contributed by atoms with E-state index in [9.17, 15) is 9.59 Å². The lowest BCUT2D eigenvalue weighted by Gasteiger charge is -2.18. The van der Waals surface area contributed by atoms with Crippen LogP contribution in [0.2, 0.25) is 5.02 Å². The number of aromatic nitrogens is 3. The van der Waals surface area contributed by atoms with Gasteiger partial charge in [-0.25, -0.2) is 4.68 Å². The summed E-state index contributed by atoms with van der Waals surface area (Å²) < 4.78 is 11.7. The number of benzene rings is 2. The maximum atomic E-state index is 13.2. The van der Waals surface area contributed by atoms with Gasteiger partial charge >= 0.3 is 0 Å². The van der Waals surface area contributed by atoms with Gasteiger partial charge in [0, 0.05) is 5.56 Å². The highest BCUT2D eigenvalue weighted by atomic mass is 35.5. The van der Waals surface area contributed by atoms with E-state index in [4.69, 9.17) is 20.9 Å². The number of hydrogen-bond donors (Lipinski definition) is 1. The quantitative estimate of drug-likeness (QED) is 0.458. The molecule has 0 aliphatic carbocycles. The first kappa shape index (κ1) is 21.6. The molecule has 0 unspecified atom stereocenters. The third-order valence-electron chi connectivity index (χ3n) is 5.20. The summed E-state index contributed by atoms with van der Waals surface area (Å²) in [7, 11) is 1.58. The zero-order valence-corrected chi connectivity index (χ0v) is 18.5. The molecule has 2 aromatic carbocycles. The summed E-state index contributed by atoms with van der Waals surface area (Å²) in [6, 6.07) is 13.3. The van der Waals surface area contributed by atoms with Crippen LogP contribution in [0.15, 0.2) is 57.8 Å². The average Bonchev–Trinajstić information content (AvgIpc) is 3.19. The van der Waals surface area contributed by atoms with E-state index in [2.05, 4.69) is 15.6 Å². The molecule has 0 spiro atoms. The van der Waals surface area contributed by atoms with Gasteiger partial charge in [0.25, 0.3) is 5.56 Å². The molecule has 164 valence electrons. The van der Waals surface area contributed by atoms with Crippen molar-refractivity contribution in [2.24, 2.45) is 0 Å². The number of halogens is 1. The molecule has 32 heavy (non-hydrogen) atoms. The Morgan fingerprint density at radius 2 is 1.94 bits per heavy atom. The lowest BCUT2D eigenvalue weighted by molar-refractivity contribution is -0.119. The van der Waals surface area contributed by atoms with Crippen LogP contribution in [0.4, 0.5) is 5.69 Å². The van der Waals surface area contributed by atoms with E-state index in [0.717, 1.165) is 10.2 Å². The third-order valence-corrected chi connectivity index (χ3v) is 5.53. The van der Waals surface area contributed by atoms with Crippen LogP contribution in [-0.2, 0) is 4.79 Å². The number of amides is 1. The Hall–Kier alpha value is -3.65. The number of aryl methyl sites for hydroxylation is 1. The van der Waals surface area contributed by atoms with Crippen molar-refractivity contribution in [3.05, 3.63) is 69.7 Å². The van der Waals surface area contributed by atoms with Gasteiger partial charge in [0.15, 0.2) is 5.52 Å². The molecular formula is C23H21ClN4O4. The highest BCUT2D eigenvalue weighted by molar-refractivity contribution is 6.33. The van der Waals surface area contributed by atoms with Crippen molar-refractivity contribution in [2.75, 3.05) is 12.4 Å². The number of hydrogen-bond acceptors (Lipinski definition) is 6. The molecule has 0 aliphatic rings. The molecule has 2 aromatic heterocycles. The van der Waals surface area contributed by atoms with E-state index in [1.54, 1.807) is 57.4 Å². The molecule has 1 atom stereocenters. The minimum Gasteiger partial charge on any atom is -0.497 e. The molecule has 8 nitrogen and oxygen atoms in total. The van der Waals surface area contributed by atoms with Gasteiger partial charge in [0.2, 0.25) is 5.91 Å². The molecule has 2 heterocycles. The Labute approximate surface area is 188 Å². The average molecular weight is 453 g/mol. The summed E-state index contributed by atoms with van der Waals surface area (Å²) in [5.74, 6) is 0.748. The molecule has 0 bridgehead atoms. The monoisotopic (exact) mass is 452 g/mol. The number of fused-ring (bicyclic) bond motifs is 1. The number of methoxy groups -OCH3 is 1. The van der Waals surface area contributed by atoms with Crippen LogP contribution in [0.1, 0.15) is 25.1 Å². The predicted octanol–water partition coefficient (Wildman–Crippen LogP) is 4.61. The topological polar surface area (TPSA) is 99.2 Å². The maximum Gasteiger partial charge on any atom is 0.297 e. The van der Waals surface area contributed by atoms with Crippen LogP contribution in [0.25, 0.3) is 22.2 Å². The van der Waals surface area contributed by atoms with Gasteiger partial charge in [-0.1, -0.05) is 35.8 Å². The Morgan fingerprint density at radius 1 is 1.22 bits per heavy atom. The third kappa shape index (κ3) is 3.85. The molecule has 0 saturated heterocycles. The molecule has 4 aromatic rings. The van der Waals surface area contributed by atoms with Gasteiger partial charge in [-0.15, -0.1) is 0 Å². The van der Waals surface area contributed by atoms with Gasteiger partial charge in [-0.3, -0.25) is 9.59 Å². The first-order valence-corrected chi connectivity index (χ1v) is 10.4. The maximum absolute atomic E-state index is 13.2. The minimum atomic E-state index is -0.878. The molecule has 0 fully saturated rings. The molecule has 1 N–H and O–H groups in total. The summed E-state index contributed by atoms with van der Waals surface area (Å²) in [5, 5.41) is 12.2. The van der Waals surface area contributed by atoms with Crippen molar-refractivity contribution in [1.82, 2.24) is 14.9 Å². The Bertz CT molecular complexity index is 1340. The Balaban J connectivity index is 1.84. The minimum absolute atomic E-state index is 0.118. The van der Waals surface area contributed by atoms with E-state index in [-0.39, 0.29) is 5.52 Å². The zero-order valence-electron chi connectivity index (χ0n) is 17.8. The van der Waals surface area contributed by atoms with Crippen molar-refractivity contribution in [1.29, 1.82) is 0 Å². The second-order valence-electron chi connectivity index (χ2n) is 7.18. The van der Waals surface area contributed by atoms with E-state index in [1.807, 2.05) is 12.1 Å². The number of carbonyl (C=O) groups excluding carboxylic acids is 1. The van der Waals surface area contributed by atoms with Gasteiger partial charge in [0.1, 0.15) is 23.2 Å². The Morgan fingerprint density at radius 3 is 2.59 bits per heavy atom. The summed E-state index contributed by atoms with van der Waals surface area (Å²) in [6.07, 6.45) is 0.327. The van der Waals surface area contributed by atoms with Crippen molar-refractivity contribution in [3.63, 3.8) is 0 Å². The normalized spacial score (nSPS) is 12.0. The van der Waals surface area contributed by atoms with Crippen LogP contribution in [0.3, 0.4) is 0 Å². The summed E-state index contributed by atoms with van der Waals surface area (Å²) in [4.78, 5) is 26.3. The SMILES string of the molecule is CC[C@@H](C(=O)Nc1ccccc1Cl)n1nc(-c2ccc(OC)cc2)c2c(C)onc2c1=O. The largest absolute Gasteiger partial charge is 0.497 e. The molecule has 0 radical (unpaired) electrons. The second-order valence-corrected chi connectivity index (χ2v) is 7.59. The van der Waals surface area contributed by atoms with Crippen molar-refractivity contribution < 1.29 is 14.1 Å². The van der Waals surface area contributed by atoms with Crippen LogP contribution < -0.4 is 15.6 Å². The van der Waals surface area contributed by atoms with Crippen LogP contribution >= 0.6 is 11.6 Å². The Kier molecular flexibility index (Phi) is 5.96. The van der Waals surface area contributed by atoms with Gasteiger partial charge < -0.3 is 14.6 Å². The van der Waals surface area contributed by atoms with Gasteiger partial charge in [0.05, 0.1) is 23.2 Å². The lowest BCUT2D eigenvalue weighted by Crippen LogP contribution is -2.35. The number of nitrogens with zero attached hydrogens (tertiary/aromatic N) is 3. The molecule has 4 rings (SSSR count). The number of nitrogens with one attached hydrogen (secondary N) is 1. The summed E-state index contributed by atoms with van der Waals surface area (Å²) in [6.45, 7) is 3.52. The van der Waals surface area contributed by atoms with Gasteiger partial charge in [-0.2, -0.15) is 5.10 Å². The molecular weight excluding hydrogens is 432 g/mol. The van der Waals surface area contributed by atoms with E-state index >= 15 is 0 Å². The smallest absolute Gasteiger partial charge is 0.297 e. The zero-order chi connectivity index (χ0) is 22.8. The number of carbonyl (C=O) groups is 1. The van der Waals surface area contributed by atoms with Crippen LogP contribution in [-0.4, -0.2) is 28.0 Å². The fourth-order valence-electron chi connectivity index (χ4n) is 3.52. The standard InChI is InChI=1S/C23H21ClN4O4/c1-4-18(22(29)25-17-8-6-5-7-16(17)24)28-23(30)21-19(13(2)32-27-21)20(26-28)14-9-11-15(31-3)12-10-14/h5-12,18H,4H2,1-3H3,(H,25,29)/t18-/m0/s1. The second kappa shape index (κ2) is 8.84. The number of rotatable bonds is 6. The highest BCUT2D eigenvalue weighted by Gasteiger charge is 2.26. The first-order chi connectivity index (χ1) is 15.4. The van der Waals surface area contributed by atoms with Crippen molar-refractivity contribution >= 4 is 34.1 Å². The predicted molar refractivity (Wildman–Crippen MR) is 122 cm³/mol. The lowest BCUT2D eigenvalue weighted by atomic mass is 10.1. The number of para-hydroxylation sites is 1. The van der Waals surface area contributed by atoms with Crippen LogP contribution in [0, 0.1) is 6.92 Å². The van der Waals surface area contributed by atoms with E-state index < -0.39 is 17.5 Å². The van der Waals surface area contributed by atoms with Crippen molar-refractivity contribution in [2.45, 2.75) is 26.3 Å². The fourth-order valence-corrected chi connectivity index (χ4v) is 3.70. The number of anilines is 1. The first-order valence-electron chi connectivity index (χ1n) is 10.0. The van der Waals surface area contributed by atoms with E-state index in [1.165, 1.54) is 0 Å². The van der Waals surface area contributed by atoms with Crippen molar-refractivity contribution in [3.8, 4) is 17.0 Å². The summed E-state index contributed by atoms with van der Waals surface area (Å²) in [5.41, 5.74) is 1.30. The molecule has 0 aliphatic heterocycles. The molecule has 0 saturated carbocycles. The van der Waals surface area contributed by atoms with E-state index in [0.29, 0.717) is 39.7 Å². The molecule has 9 heteroatoms. The highest BCUT2D eigenvalue weighted by Crippen LogP contribution is 2.30. The summed E-state index contributed by atoms with van der Waals surface area (Å²) >= 11 is 6.17. The van der Waals surface area contributed by atoms with Crippen LogP contribution in [0.5, 0.6) is 5.75 Å². The van der Waals surface area contributed by atoms with Gasteiger partial charge in [-0.05, 0) is 49.7 Å².